The predicted molar refractivity (Wildman–Crippen MR) is 114 cm³/mol. The molecule has 2 N–H and O–H groups in total. The summed E-state index contributed by atoms with van der Waals surface area (Å²) >= 11 is 5.97. The highest BCUT2D eigenvalue weighted by Gasteiger charge is 2.06. The smallest absolute Gasteiger partial charge is 0.151 e. The van der Waals surface area contributed by atoms with E-state index in [1.807, 2.05) is 38.1 Å². The molecule has 0 saturated heterocycles. The highest BCUT2D eigenvalue weighted by atomic mass is 35.5. The largest absolute Gasteiger partial charge is 0.493 e. The van der Waals surface area contributed by atoms with Gasteiger partial charge in [-0.25, -0.2) is 0 Å². The average molecular weight is 422 g/mol. The highest BCUT2D eigenvalue weighted by molar-refractivity contribution is 6.33. The summed E-state index contributed by atoms with van der Waals surface area (Å²) in [5.41, 5.74) is 0.441. The summed E-state index contributed by atoms with van der Waals surface area (Å²) < 4.78 is 16.9. The van der Waals surface area contributed by atoms with E-state index in [9.17, 15) is 9.90 Å². The van der Waals surface area contributed by atoms with Crippen molar-refractivity contribution in [2.75, 3.05) is 26.4 Å². The van der Waals surface area contributed by atoms with Crippen LogP contribution >= 0.6 is 11.6 Å². The lowest BCUT2D eigenvalue weighted by Crippen LogP contribution is -2.35. The van der Waals surface area contributed by atoms with E-state index in [-0.39, 0.29) is 6.61 Å². The molecule has 1 atom stereocenters. The SMILES string of the molecule is CC(C)NCC(O)COc1ccc(OCCCOc2ccc(C=O)c(Cl)c2)cc1. The van der Waals surface area contributed by atoms with Crippen LogP contribution in [0.3, 0.4) is 0 Å². The molecule has 0 spiro atoms. The fraction of sp³-hybridized carbons (Fsp3) is 0.409. The number of aliphatic hydroxyl groups excluding tert-OH is 1. The summed E-state index contributed by atoms with van der Waals surface area (Å²) in [6.45, 7) is 5.75. The second-order valence-corrected chi connectivity index (χ2v) is 7.26. The minimum absolute atomic E-state index is 0.231. The maximum absolute atomic E-state index is 10.7. The van der Waals surface area contributed by atoms with Crippen molar-refractivity contribution in [3.63, 3.8) is 0 Å². The van der Waals surface area contributed by atoms with Crippen molar-refractivity contribution in [3.8, 4) is 17.2 Å². The Labute approximate surface area is 176 Å². The van der Waals surface area contributed by atoms with Crippen LogP contribution < -0.4 is 19.5 Å². The van der Waals surface area contributed by atoms with Crippen molar-refractivity contribution in [1.82, 2.24) is 5.32 Å². The van der Waals surface area contributed by atoms with E-state index in [1.165, 1.54) is 0 Å². The monoisotopic (exact) mass is 421 g/mol. The Hall–Kier alpha value is -2.28. The second-order valence-electron chi connectivity index (χ2n) is 6.85. The first-order valence-electron chi connectivity index (χ1n) is 9.62. The van der Waals surface area contributed by atoms with Gasteiger partial charge in [-0.1, -0.05) is 25.4 Å². The van der Waals surface area contributed by atoms with E-state index < -0.39 is 6.10 Å². The lowest BCUT2D eigenvalue weighted by atomic mass is 10.2. The molecule has 0 radical (unpaired) electrons. The molecule has 6 nitrogen and oxygen atoms in total. The third kappa shape index (κ3) is 8.73. The molecule has 158 valence electrons. The lowest BCUT2D eigenvalue weighted by Gasteiger charge is -2.15. The van der Waals surface area contributed by atoms with E-state index in [0.717, 1.165) is 5.75 Å². The van der Waals surface area contributed by atoms with Gasteiger partial charge in [0.2, 0.25) is 0 Å². The summed E-state index contributed by atoms with van der Waals surface area (Å²) in [5, 5.41) is 13.4. The van der Waals surface area contributed by atoms with Crippen LogP contribution in [0, 0.1) is 0 Å². The summed E-state index contributed by atoms with van der Waals surface area (Å²) in [6, 6.07) is 12.6. The molecule has 0 saturated carbocycles. The number of hydrogen-bond acceptors (Lipinski definition) is 6. The topological polar surface area (TPSA) is 77.0 Å². The van der Waals surface area contributed by atoms with Crippen molar-refractivity contribution < 1.29 is 24.1 Å². The molecule has 0 aliphatic carbocycles. The summed E-state index contributed by atoms with van der Waals surface area (Å²) in [4.78, 5) is 10.7. The zero-order chi connectivity index (χ0) is 21.1. The number of rotatable bonds is 13. The minimum Gasteiger partial charge on any atom is -0.493 e. The first kappa shape index (κ1) is 23.0. The number of ether oxygens (including phenoxy) is 3. The molecule has 2 aromatic rings. The number of carbonyl (C=O) groups excluding carboxylic acids is 1. The maximum atomic E-state index is 10.7. The van der Waals surface area contributed by atoms with Gasteiger partial charge >= 0.3 is 0 Å². The summed E-state index contributed by atoms with van der Waals surface area (Å²) in [5.74, 6) is 2.03. The van der Waals surface area contributed by atoms with Gasteiger partial charge in [-0.15, -0.1) is 0 Å². The third-order valence-corrected chi connectivity index (χ3v) is 4.28. The number of aliphatic hydroxyl groups is 1. The fourth-order valence-corrected chi connectivity index (χ4v) is 2.60. The maximum Gasteiger partial charge on any atom is 0.151 e. The number of halogens is 1. The Balaban J connectivity index is 1.63. The van der Waals surface area contributed by atoms with Gasteiger partial charge in [-0.2, -0.15) is 0 Å². The minimum atomic E-state index is -0.558. The van der Waals surface area contributed by atoms with Gasteiger partial charge in [-0.3, -0.25) is 4.79 Å². The van der Waals surface area contributed by atoms with Crippen molar-refractivity contribution in [2.24, 2.45) is 0 Å². The molecule has 2 aromatic carbocycles. The molecular formula is C22H28ClNO5. The van der Waals surface area contributed by atoms with Gasteiger partial charge in [0.15, 0.2) is 6.29 Å². The fourth-order valence-electron chi connectivity index (χ4n) is 2.39. The van der Waals surface area contributed by atoms with Crippen molar-refractivity contribution in [3.05, 3.63) is 53.1 Å². The Morgan fingerprint density at radius 2 is 1.59 bits per heavy atom. The van der Waals surface area contributed by atoms with Gasteiger partial charge < -0.3 is 24.6 Å². The van der Waals surface area contributed by atoms with Crippen LogP contribution in [0.25, 0.3) is 0 Å². The van der Waals surface area contributed by atoms with Gasteiger partial charge in [0.05, 0.1) is 18.2 Å². The molecule has 7 heteroatoms. The van der Waals surface area contributed by atoms with E-state index in [1.54, 1.807) is 18.2 Å². The number of hydrogen-bond donors (Lipinski definition) is 2. The molecule has 2 rings (SSSR count). The van der Waals surface area contributed by atoms with Gasteiger partial charge in [0.1, 0.15) is 30.0 Å². The first-order chi connectivity index (χ1) is 14.0. The third-order valence-electron chi connectivity index (χ3n) is 3.95. The van der Waals surface area contributed by atoms with Crippen LogP contribution in [-0.2, 0) is 0 Å². The van der Waals surface area contributed by atoms with Crippen LogP contribution in [0.2, 0.25) is 5.02 Å². The standard InChI is InChI=1S/C22H28ClNO5/c1-16(2)24-13-18(26)15-29-20-8-6-19(7-9-20)27-10-3-11-28-21-5-4-17(14-25)22(23)12-21/h4-9,12,14,16,18,24,26H,3,10-11,13,15H2,1-2H3. The molecule has 0 heterocycles. The van der Waals surface area contributed by atoms with Gasteiger partial charge in [-0.05, 0) is 42.5 Å². The normalized spacial score (nSPS) is 11.9. The van der Waals surface area contributed by atoms with Crippen molar-refractivity contribution >= 4 is 17.9 Å². The lowest BCUT2D eigenvalue weighted by molar-refractivity contribution is 0.104. The van der Waals surface area contributed by atoms with E-state index >= 15 is 0 Å². The highest BCUT2D eigenvalue weighted by Crippen LogP contribution is 2.21. The van der Waals surface area contributed by atoms with Gasteiger partial charge in [0.25, 0.3) is 0 Å². The summed E-state index contributed by atoms with van der Waals surface area (Å²) in [7, 11) is 0. The molecule has 29 heavy (non-hydrogen) atoms. The van der Waals surface area contributed by atoms with E-state index in [2.05, 4.69) is 5.32 Å². The zero-order valence-electron chi connectivity index (χ0n) is 16.8. The molecule has 0 amide bonds. The number of benzene rings is 2. The zero-order valence-corrected chi connectivity index (χ0v) is 17.5. The molecule has 0 aliphatic rings. The second kappa shape index (κ2) is 12.3. The Morgan fingerprint density at radius 3 is 2.17 bits per heavy atom. The van der Waals surface area contributed by atoms with Crippen LogP contribution in [0.15, 0.2) is 42.5 Å². The average Bonchev–Trinajstić information content (AvgIpc) is 2.71. The van der Waals surface area contributed by atoms with Gasteiger partial charge in [0, 0.05) is 24.6 Å². The number of nitrogens with one attached hydrogen (secondary N) is 1. The Bertz CT molecular complexity index is 751. The summed E-state index contributed by atoms with van der Waals surface area (Å²) in [6.07, 6.45) is 0.848. The Kier molecular flexibility index (Phi) is 9.77. The van der Waals surface area contributed by atoms with Crippen molar-refractivity contribution in [2.45, 2.75) is 32.4 Å². The quantitative estimate of drug-likeness (QED) is 0.379. The number of carbonyl (C=O) groups is 1. The molecular weight excluding hydrogens is 394 g/mol. The van der Waals surface area contributed by atoms with Crippen LogP contribution in [0.5, 0.6) is 17.2 Å². The molecule has 0 aromatic heterocycles. The first-order valence-corrected chi connectivity index (χ1v) is 10.0. The van der Waals surface area contributed by atoms with Crippen LogP contribution in [0.4, 0.5) is 0 Å². The Morgan fingerprint density at radius 1 is 1.00 bits per heavy atom. The predicted octanol–water partition coefficient (Wildman–Crippen LogP) is 3.74. The van der Waals surface area contributed by atoms with Crippen LogP contribution in [0.1, 0.15) is 30.6 Å². The molecule has 0 bridgehead atoms. The molecule has 1 unspecified atom stereocenters. The van der Waals surface area contributed by atoms with E-state index in [0.29, 0.717) is 60.6 Å². The van der Waals surface area contributed by atoms with Crippen molar-refractivity contribution in [1.29, 1.82) is 0 Å². The van der Waals surface area contributed by atoms with Crippen LogP contribution in [-0.4, -0.2) is 49.9 Å². The molecule has 0 aliphatic heterocycles. The molecule has 0 fully saturated rings. The van der Waals surface area contributed by atoms with E-state index in [4.69, 9.17) is 25.8 Å². The number of aldehydes is 1.